The second-order valence-corrected chi connectivity index (χ2v) is 5.49. The van der Waals surface area contributed by atoms with Gasteiger partial charge in [-0.3, -0.25) is 9.13 Å². The Bertz CT molecular complexity index is 564. The van der Waals surface area contributed by atoms with Crippen LogP contribution in [0.25, 0.3) is 6.08 Å². The molecule has 5 heteroatoms. The number of imidazole rings is 1. The Morgan fingerprint density at radius 3 is 3.05 bits per heavy atom. The van der Waals surface area contributed by atoms with Gasteiger partial charge in [-0.2, -0.15) is 0 Å². The van der Waals surface area contributed by atoms with Crippen LogP contribution in [0, 0.1) is 0 Å². The van der Waals surface area contributed by atoms with E-state index in [9.17, 15) is 4.79 Å². The second-order valence-electron chi connectivity index (χ2n) is 5.49. The van der Waals surface area contributed by atoms with E-state index in [0.717, 1.165) is 37.3 Å². The summed E-state index contributed by atoms with van der Waals surface area (Å²) in [6.07, 6.45) is 7.35. The van der Waals surface area contributed by atoms with Crippen molar-refractivity contribution < 1.29 is 9.47 Å². The van der Waals surface area contributed by atoms with Crippen molar-refractivity contribution in [2.75, 3.05) is 13.2 Å². The van der Waals surface area contributed by atoms with E-state index in [-0.39, 0.29) is 17.9 Å². The molecule has 2 heterocycles. The van der Waals surface area contributed by atoms with Gasteiger partial charge in [-0.1, -0.05) is 6.08 Å². The summed E-state index contributed by atoms with van der Waals surface area (Å²) in [5.41, 5.74) is 2.15. The lowest BCUT2D eigenvalue weighted by Gasteiger charge is -2.20. The number of nitrogens with zero attached hydrogens (tertiary/aromatic N) is 2. The normalized spacial score (nSPS) is 25.1. The van der Waals surface area contributed by atoms with Crippen LogP contribution in [0.2, 0.25) is 0 Å². The van der Waals surface area contributed by atoms with Crippen LogP contribution in [0.1, 0.15) is 31.2 Å². The van der Waals surface area contributed by atoms with Crippen molar-refractivity contribution in [2.24, 2.45) is 7.05 Å². The number of hydrogen-bond acceptors (Lipinski definition) is 3. The summed E-state index contributed by atoms with van der Waals surface area (Å²) in [5, 5.41) is 0. The van der Waals surface area contributed by atoms with Crippen LogP contribution >= 0.6 is 0 Å². The SMILES string of the molecule is CCn1c2c(n(C)c1=O)CC(OCC1CCCO1)C=C2. The van der Waals surface area contributed by atoms with Crippen molar-refractivity contribution in [3.8, 4) is 0 Å². The fourth-order valence-electron chi connectivity index (χ4n) is 3.04. The van der Waals surface area contributed by atoms with E-state index in [4.69, 9.17) is 9.47 Å². The number of aromatic nitrogens is 2. The van der Waals surface area contributed by atoms with Crippen LogP contribution in [0.15, 0.2) is 10.9 Å². The molecule has 20 heavy (non-hydrogen) atoms. The zero-order valence-electron chi connectivity index (χ0n) is 12.2. The summed E-state index contributed by atoms with van der Waals surface area (Å²) in [7, 11) is 1.84. The largest absolute Gasteiger partial charge is 0.376 e. The molecule has 2 aliphatic rings. The fraction of sp³-hybridized carbons (Fsp3) is 0.667. The third kappa shape index (κ3) is 2.36. The first-order valence-electron chi connectivity index (χ1n) is 7.40. The van der Waals surface area contributed by atoms with E-state index in [0.29, 0.717) is 13.2 Å². The third-order valence-electron chi connectivity index (χ3n) is 4.21. The average molecular weight is 278 g/mol. The monoisotopic (exact) mass is 278 g/mol. The molecule has 110 valence electrons. The number of rotatable bonds is 4. The van der Waals surface area contributed by atoms with Gasteiger partial charge in [0.15, 0.2) is 0 Å². The smallest absolute Gasteiger partial charge is 0.328 e. The van der Waals surface area contributed by atoms with Gasteiger partial charge in [-0.15, -0.1) is 0 Å². The van der Waals surface area contributed by atoms with Gasteiger partial charge >= 0.3 is 5.69 Å². The highest BCUT2D eigenvalue weighted by Crippen LogP contribution is 2.21. The Balaban J connectivity index is 1.71. The highest BCUT2D eigenvalue weighted by atomic mass is 16.5. The Kier molecular flexibility index (Phi) is 3.81. The maximum atomic E-state index is 12.1. The Morgan fingerprint density at radius 2 is 2.35 bits per heavy atom. The van der Waals surface area contributed by atoms with E-state index >= 15 is 0 Å². The molecule has 1 aromatic rings. The molecule has 0 saturated carbocycles. The third-order valence-corrected chi connectivity index (χ3v) is 4.21. The van der Waals surface area contributed by atoms with Gasteiger partial charge in [0.2, 0.25) is 0 Å². The minimum absolute atomic E-state index is 0.0463. The van der Waals surface area contributed by atoms with Crippen molar-refractivity contribution in [3.05, 3.63) is 27.9 Å². The number of fused-ring (bicyclic) bond motifs is 1. The molecule has 3 rings (SSSR count). The zero-order chi connectivity index (χ0) is 14.1. The van der Waals surface area contributed by atoms with Gasteiger partial charge in [-0.25, -0.2) is 4.79 Å². The Morgan fingerprint density at radius 1 is 1.50 bits per heavy atom. The minimum atomic E-state index is 0.0463. The lowest BCUT2D eigenvalue weighted by molar-refractivity contribution is -0.00470. The molecular formula is C15H22N2O3. The van der Waals surface area contributed by atoms with Crippen LogP contribution in [0.5, 0.6) is 0 Å². The molecular weight excluding hydrogens is 256 g/mol. The van der Waals surface area contributed by atoms with Gasteiger partial charge < -0.3 is 9.47 Å². The Hall–Kier alpha value is -1.33. The molecule has 0 aromatic carbocycles. The molecule has 1 aliphatic carbocycles. The van der Waals surface area contributed by atoms with E-state index in [1.807, 2.05) is 24.6 Å². The van der Waals surface area contributed by atoms with Gasteiger partial charge in [0.1, 0.15) is 0 Å². The first kappa shape index (κ1) is 13.6. The van der Waals surface area contributed by atoms with Crippen LogP contribution in [0.3, 0.4) is 0 Å². The minimum Gasteiger partial charge on any atom is -0.376 e. The molecule has 0 N–H and O–H groups in total. The number of hydrogen-bond donors (Lipinski definition) is 0. The highest BCUT2D eigenvalue weighted by Gasteiger charge is 2.24. The van der Waals surface area contributed by atoms with Crippen molar-refractivity contribution in [1.82, 2.24) is 9.13 Å². The molecule has 2 unspecified atom stereocenters. The maximum absolute atomic E-state index is 12.1. The first-order chi connectivity index (χ1) is 9.70. The average Bonchev–Trinajstić information content (AvgIpc) is 3.06. The standard InChI is InChI=1S/C15H22N2O3/c1-3-17-13-7-6-11(9-14(13)16(2)15(17)18)20-10-12-5-4-8-19-12/h6-7,11-12H,3-5,8-10H2,1-2H3. The van der Waals surface area contributed by atoms with E-state index in [1.165, 1.54) is 0 Å². The molecule has 0 spiro atoms. The molecule has 5 nitrogen and oxygen atoms in total. The van der Waals surface area contributed by atoms with Gasteiger partial charge in [0.25, 0.3) is 0 Å². The van der Waals surface area contributed by atoms with Crippen LogP contribution in [-0.2, 0) is 29.5 Å². The molecule has 1 fully saturated rings. The zero-order valence-corrected chi connectivity index (χ0v) is 12.2. The lowest BCUT2D eigenvalue weighted by atomic mass is 10.1. The summed E-state index contributed by atoms with van der Waals surface area (Å²) < 4.78 is 15.0. The van der Waals surface area contributed by atoms with Crippen LogP contribution in [0.4, 0.5) is 0 Å². The molecule has 1 aromatic heterocycles. The molecule has 0 radical (unpaired) electrons. The topological polar surface area (TPSA) is 45.4 Å². The molecule has 0 bridgehead atoms. The predicted octanol–water partition coefficient (Wildman–Crippen LogP) is 1.34. The predicted molar refractivity (Wildman–Crippen MR) is 76.8 cm³/mol. The molecule has 1 saturated heterocycles. The second kappa shape index (κ2) is 5.58. The summed E-state index contributed by atoms with van der Waals surface area (Å²) in [5.74, 6) is 0. The fourth-order valence-corrected chi connectivity index (χ4v) is 3.04. The van der Waals surface area contributed by atoms with E-state index < -0.39 is 0 Å². The van der Waals surface area contributed by atoms with Crippen LogP contribution < -0.4 is 5.69 Å². The molecule has 2 atom stereocenters. The summed E-state index contributed by atoms with van der Waals surface area (Å²) in [6, 6.07) is 0. The first-order valence-corrected chi connectivity index (χ1v) is 7.40. The summed E-state index contributed by atoms with van der Waals surface area (Å²) >= 11 is 0. The van der Waals surface area contributed by atoms with E-state index in [1.54, 1.807) is 4.57 Å². The van der Waals surface area contributed by atoms with Crippen LogP contribution in [-0.4, -0.2) is 34.6 Å². The quantitative estimate of drug-likeness (QED) is 0.835. The van der Waals surface area contributed by atoms with Gasteiger partial charge in [-0.05, 0) is 25.8 Å². The van der Waals surface area contributed by atoms with Gasteiger partial charge in [0.05, 0.1) is 24.5 Å². The van der Waals surface area contributed by atoms with Crippen molar-refractivity contribution in [1.29, 1.82) is 0 Å². The number of ether oxygens (including phenoxy) is 2. The van der Waals surface area contributed by atoms with Crippen molar-refractivity contribution >= 4 is 6.08 Å². The van der Waals surface area contributed by atoms with Crippen molar-refractivity contribution in [3.63, 3.8) is 0 Å². The molecule has 1 aliphatic heterocycles. The maximum Gasteiger partial charge on any atom is 0.328 e. The summed E-state index contributed by atoms with van der Waals surface area (Å²) in [4.78, 5) is 12.1. The Labute approximate surface area is 118 Å². The summed E-state index contributed by atoms with van der Waals surface area (Å²) in [6.45, 7) is 4.20. The van der Waals surface area contributed by atoms with Crippen molar-refractivity contribution in [2.45, 2.75) is 44.9 Å². The van der Waals surface area contributed by atoms with E-state index in [2.05, 4.69) is 6.08 Å². The van der Waals surface area contributed by atoms with Gasteiger partial charge in [0, 0.05) is 32.3 Å². The highest BCUT2D eigenvalue weighted by molar-refractivity contribution is 5.52. The lowest BCUT2D eigenvalue weighted by Crippen LogP contribution is -2.25. The molecule has 0 amide bonds.